The smallest absolute Gasteiger partial charge is 0.267 e. The van der Waals surface area contributed by atoms with Crippen molar-refractivity contribution in [2.75, 3.05) is 5.32 Å². The summed E-state index contributed by atoms with van der Waals surface area (Å²) in [5.74, 6) is -2.59. The van der Waals surface area contributed by atoms with Gasteiger partial charge in [0.15, 0.2) is 17.7 Å². The van der Waals surface area contributed by atoms with Gasteiger partial charge in [0.2, 0.25) is 5.88 Å². The molecule has 0 fully saturated rings. The van der Waals surface area contributed by atoms with Crippen LogP contribution in [0, 0.1) is 17.5 Å². The summed E-state index contributed by atoms with van der Waals surface area (Å²) in [5, 5.41) is 6.16. The van der Waals surface area contributed by atoms with Gasteiger partial charge >= 0.3 is 0 Å². The minimum Gasteiger partial charge on any atom is -0.481 e. The lowest BCUT2D eigenvalue weighted by Crippen LogP contribution is -2.29. The van der Waals surface area contributed by atoms with Gasteiger partial charge in [0.05, 0.1) is 0 Å². The van der Waals surface area contributed by atoms with Crippen molar-refractivity contribution in [1.29, 1.82) is 0 Å². The van der Waals surface area contributed by atoms with E-state index in [1.165, 1.54) is 43.3 Å². The molecule has 3 aromatic rings. The summed E-state index contributed by atoms with van der Waals surface area (Å²) >= 11 is 0. The van der Waals surface area contributed by atoms with E-state index in [4.69, 9.17) is 9.26 Å². The van der Waals surface area contributed by atoms with E-state index in [-0.39, 0.29) is 11.6 Å². The highest BCUT2D eigenvalue weighted by Crippen LogP contribution is 2.23. The zero-order chi connectivity index (χ0) is 18.7. The molecule has 26 heavy (non-hydrogen) atoms. The summed E-state index contributed by atoms with van der Waals surface area (Å²) in [6.07, 6.45) is -0.891. The van der Waals surface area contributed by atoms with Gasteiger partial charge in [-0.15, -0.1) is 0 Å². The number of aromatic nitrogens is 1. The maximum absolute atomic E-state index is 13.3. The number of halogens is 3. The molecule has 0 radical (unpaired) electrons. The molecular formula is C18H13F3N2O3. The lowest BCUT2D eigenvalue weighted by molar-refractivity contribution is -0.122. The Hall–Kier alpha value is -3.29. The number of rotatable bonds is 5. The molecule has 0 unspecified atom stereocenters. The van der Waals surface area contributed by atoms with Gasteiger partial charge in [-0.25, -0.2) is 13.2 Å². The molecule has 1 aromatic heterocycles. The second kappa shape index (κ2) is 7.30. The van der Waals surface area contributed by atoms with Crippen LogP contribution in [-0.4, -0.2) is 17.2 Å². The molecule has 2 aromatic carbocycles. The van der Waals surface area contributed by atoms with Crippen molar-refractivity contribution in [3.63, 3.8) is 0 Å². The molecular weight excluding hydrogens is 349 g/mol. The number of hydrogen-bond donors (Lipinski definition) is 1. The van der Waals surface area contributed by atoms with Crippen molar-refractivity contribution < 1.29 is 27.2 Å². The highest BCUT2D eigenvalue weighted by Gasteiger charge is 2.18. The summed E-state index contributed by atoms with van der Waals surface area (Å²) in [5.41, 5.74) is 0.523. The average molecular weight is 362 g/mol. The Balaban J connectivity index is 1.65. The van der Waals surface area contributed by atoms with Crippen LogP contribution in [0.3, 0.4) is 0 Å². The topological polar surface area (TPSA) is 64.4 Å². The number of carbonyl (C=O) groups excluding carboxylic acids is 1. The number of anilines is 1. The summed E-state index contributed by atoms with van der Waals surface area (Å²) in [4.78, 5) is 12.1. The fourth-order valence-electron chi connectivity index (χ4n) is 2.12. The molecule has 0 aliphatic heterocycles. The minimum atomic E-state index is -1.02. The lowest BCUT2D eigenvalue weighted by Gasteiger charge is -2.13. The van der Waals surface area contributed by atoms with Crippen LogP contribution in [-0.2, 0) is 4.79 Å². The Labute approximate surface area is 146 Å². The first kappa shape index (κ1) is 17.5. The molecule has 3 rings (SSSR count). The molecule has 0 bridgehead atoms. The molecule has 0 saturated heterocycles. The molecule has 1 amide bonds. The fraction of sp³-hybridized carbons (Fsp3) is 0.111. The van der Waals surface area contributed by atoms with E-state index in [9.17, 15) is 18.0 Å². The van der Waals surface area contributed by atoms with Crippen molar-refractivity contribution in [2.45, 2.75) is 13.0 Å². The first-order chi connectivity index (χ1) is 12.4. The van der Waals surface area contributed by atoms with Gasteiger partial charge < -0.3 is 9.26 Å². The summed E-state index contributed by atoms with van der Waals surface area (Å²) < 4.78 is 49.5. The summed E-state index contributed by atoms with van der Waals surface area (Å²) in [6.45, 7) is 1.51. The third kappa shape index (κ3) is 4.02. The third-order valence-electron chi connectivity index (χ3n) is 3.47. The average Bonchev–Trinajstić information content (AvgIpc) is 3.07. The van der Waals surface area contributed by atoms with Gasteiger partial charge in [-0.3, -0.25) is 10.1 Å². The first-order valence-corrected chi connectivity index (χ1v) is 7.57. The van der Waals surface area contributed by atoms with Crippen LogP contribution < -0.4 is 10.1 Å². The molecule has 0 saturated carbocycles. The van der Waals surface area contributed by atoms with Crippen molar-refractivity contribution in [1.82, 2.24) is 5.16 Å². The van der Waals surface area contributed by atoms with Gasteiger partial charge in [-0.2, -0.15) is 0 Å². The van der Waals surface area contributed by atoms with Crippen LogP contribution >= 0.6 is 0 Å². The SMILES string of the molecule is C[C@H](Oc1ccc(F)cc1)C(=O)Nc1cc(-c2ccc(F)c(F)c2)no1. The Morgan fingerprint density at radius 2 is 1.81 bits per heavy atom. The zero-order valence-corrected chi connectivity index (χ0v) is 13.5. The number of amides is 1. The van der Waals surface area contributed by atoms with Crippen LogP contribution in [0.5, 0.6) is 5.75 Å². The number of nitrogens with zero attached hydrogens (tertiary/aromatic N) is 1. The van der Waals surface area contributed by atoms with E-state index in [2.05, 4.69) is 10.5 Å². The second-order valence-corrected chi connectivity index (χ2v) is 5.41. The molecule has 134 valence electrons. The fourth-order valence-corrected chi connectivity index (χ4v) is 2.12. The van der Waals surface area contributed by atoms with Gasteiger partial charge in [-0.05, 0) is 49.4 Å². The second-order valence-electron chi connectivity index (χ2n) is 5.41. The molecule has 0 spiro atoms. The van der Waals surface area contributed by atoms with Crippen LogP contribution in [0.1, 0.15) is 6.92 Å². The third-order valence-corrected chi connectivity index (χ3v) is 3.47. The Bertz CT molecular complexity index is 926. The van der Waals surface area contributed by atoms with Crippen molar-refractivity contribution >= 4 is 11.8 Å². The molecule has 1 N–H and O–H groups in total. The zero-order valence-electron chi connectivity index (χ0n) is 13.5. The molecule has 0 aliphatic carbocycles. The Kier molecular flexibility index (Phi) is 4.92. The van der Waals surface area contributed by atoms with E-state index in [0.29, 0.717) is 11.3 Å². The standard InChI is InChI=1S/C18H13F3N2O3/c1-10(25-13-5-3-12(19)4-6-13)18(24)22-17-9-16(23-26-17)11-2-7-14(20)15(21)8-11/h2-10H,1H3,(H,22,24)/t10-/m0/s1. The predicted molar refractivity (Wildman–Crippen MR) is 87.0 cm³/mol. The molecule has 0 aliphatic rings. The van der Waals surface area contributed by atoms with Crippen LogP contribution in [0.25, 0.3) is 11.3 Å². The molecule has 8 heteroatoms. The van der Waals surface area contributed by atoms with Gasteiger partial charge in [0.1, 0.15) is 17.3 Å². The molecule has 1 heterocycles. The van der Waals surface area contributed by atoms with Crippen molar-refractivity contribution in [2.24, 2.45) is 0 Å². The lowest BCUT2D eigenvalue weighted by atomic mass is 10.1. The number of carbonyl (C=O) groups is 1. The van der Waals surface area contributed by atoms with Crippen LogP contribution in [0.15, 0.2) is 53.1 Å². The quantitative estimate of drug-likeness (QED) is 0.740. The molecule has 1 atom stereocenters. The summed E-state index contributed by atoms with van der Waals surface area (Å²) in [7, 11) is 0. The maximum Gasteiger partial charge on any atom is 0.267 e. The normalized spacial score (nSPS) is 11.8. The van der Waals surface area contributed by atoms with Gasteiger partial charge in [-0.1, -0.05) is 5.16 Å². The van der Waals surface area contributed by atoms with Crippen molar-refractivity contribution in [3.05, 3.63) is 66.0 Å². The molecule has 5 nitrogen and oxygen atoms in total. The van der Waals surface area contributed by atoms with Crippen LogP contribution in [0.4, 0.5) is 19.1 Å². The largest absolute Gasteiger partial charge is 0.481 e. The predicted octanol–water partition coefficient (Wildman–Crippen LogP) is 4.16. The van der Waals surface area contributed by atoms with E-state index in [1.54, 1.807) is 0 Å². The number of nitrogens with one attached hydrogen (secondary N) is 1. The van der Waals surface area contributed by atoms with E-state index < -0.39 is 29.5 Å². The van der Waals surface area contributed by atoms with Gasteiger partial charge in [0.25, 0.3) is 5.91 Å². The van der Waals surface area contributed by atoms with E-state index >= 15 is 0 Å². The summed E-state index contributed by atoms with van der Waals surface area (Å²) in [6, 6.07) is 9.87. The highest BCUT2D eigenvalue weighted by atomic mass is 19.2. The highest BCUT2D eigenvalue weighted by molar-refractivity contribution is 5.93. The van der Waals surface area contributed by atoms with E-state index in [1.807, 2.05) is 0 Å². The van der Waals surface area contributed by atoms with Crippen LogP contribution in [0.2, 0.25) is 0 Å². The Morgan fingerprint density at radius 3 is 2.50 bits per heavy atom. The monoisotopic (exact) mass is 362 g/mol. The first-order valence-electron chi connectivity index (χ1n) is 7.57. The van der Waals surface area contributed by atoms with Crippen molar-refractivity contribution in [3.8, 4) is 17.0 Å². The number of benzene rings is 2. The number of ether oxygens (including phenoxy) is 1. The van der Waals surface area contributed by atoms with Gasteiger partial charge in [0, 0.05) is 11.6 Å². The van der Waals surface area contributed by atoms with E-state index in [0.717, 1.165) is 12.1 Å². The maximum atomic E-state index is 13.3. The minimum absolute atomic E-state index is 0.0179. The Morgan fingerprint density at radius 1 is 1.08 bits per heavy atom. The number of hydrogen-bond acceptors (Lipinski definition) is 4.